The number of hydrogen-bond donors (Lipinski definition) is 1. The topological polar surface area (TPSA) is 34.1 Å². The quantitative estimate of drug-likeness (QED) is 0.591. The molecule has 3 nitrogen and oxygen atoms in total. The largest absolute Gasteiger partial charge is 0.374 e. The van der Waals surface area contributed by atoms with Crippen molar-refractivity contribution in [2.75, 3.05) is 11.9 Å². The Labute approximate surface area is 124 Å². The molecule has 1 unspecified atom stereocenters. The van der Waals surface area contributed by atoms with Crippen LogP contribution in [0.3, 0.4) is 0 Å². The number of hydrogen-bond acceptors (Lipinski definition) is 3. The summed E-state index contributed by atoms with van der Waals surface area (Å²) < 4.78 is 5.95. The van der Waals surface area contributed by atoms with Crippen molar-refractivity contribution in [3.63, 3.8) is 0 Å². The fourth-order valence-corrected chi connectivity index (χ4v) is 2.13. The first-order valence-electron chi connectivity index (χ1n) is 8.07. The first-order valence-corrected chi connectivity index (χ1v) is 8.07. The van der Waals surface area contributed by atoms with Crippen LogP contribution in [0.4, 0.5) is 5.82 Å². The predicted octanol–water partition coefficient (Wildman–Crippen LogP) is 4.78. The van der Waals surface area contributed by atoms with E-state index >= 15 is 0 Å². The van der Waals surface area contributed by atoms with Gasteiger partial charge < -0.3 is 10.1 Å². The van der Waals surface area contributed by atoms with Gasteiger partial charge in [0.15, 0.2) is 0 Å². The molecule has 0 amide bonds. The highest BCUT2D eigenvalue weighted by Crippen LogP contribution is 2.15. The van der Waals surface area contributed by atoms with E-state index in [2.05, 4.69) is 37.1 Å². The summed E-state index contributed by atoms with van der Waals surface area (Å²) in [4.78, 5) is 4.39. The molecule has 0 saturated heterocycles. The Morgan fingerprint density at radius 2 is 2.05 bits per heavy atom. The average molecular weight is 278 g/mol. The van der Waals surface area contributed by atoms with Crippen molar-refractivity contribution < 1.29 is 4.74 Å². The van der Waals surface area contributed by atoms with Crippen molar-refractivity contribution in [2.45, 2.75) is 72.0 Å². The summed E-state index contributed by atoms with van der Waals surface area (Å²) in [6, 6.07) is 4.07. The third-order valence-electron chi connectivity index (χ3n) is 3.42. The summed E-state index contributed by atoms with van der Waals surface area (Å²) in [5.74, 6) is 0.965. The maximum atomic E-state index is 5.95. The van der Waals surface area contributed by atoms with Gasteiger partial charge in [-0.15, -0.1) is 0 Å². The van der Waals surface area contributed by atoms with Crippen molar-refractivity contribution >= 4 is 5.82 Å². The highest BCUT2D eigenvalue weighted by atomic mass is 16.5. The zero-order valence-electron chi connectivity index (χ0n) is 13.3. The Morgan fingerprint density at radius 3 is 2.80 bits per heavy atom. The molecule has 0 aliphatic heterocycles. The number of rotatable bonds is 11. The third kappa shape index (κ3) is 6.90. The molecule has 1 heterocycles. The second kappa shape index (κ2) is 10.7. The van der Waals surface area contributed by atoms with Gasteiger partial charge >= 0.3 is 0 Å². The lowest BCUT2D eigenvalue weighted by atomic mass is 10.1. The summed E-state index contributed by atoms with van der Waals surface area (Å²) in [7, 11) is 0. The van der Waals surface area contributed by atoms with E-state index in [1.54, 1.807) is 0 Å². The van der Waals surface area contributed by atoms with E-state index in [1.807, 2.05) is 12.3 Å². The highest BCUT2D eigenvalue weighted by Gasteiger charge is 2.06. The Kier molecular flexibility index (Phi) is 9.05. The smallest absolute Gasteiger partial charge is 0.131 e. The van der Waals surface area contributed by atoms with E-state index in [-0.39, 0.29) is 0 Å². The van der Waals surface area contributed by atoms with Crippen LogP contribution in [0.1, 0.15) is 64.9 Å². The number of aromatic nitrogens is 1. The number of anilines is 1. The third-order valence-corrected chi connectivity index (χ3v) is 3.42. The molecule has 1 rings (SSSR count). The maximum absolute atomic E-state index is 5.95. The number of pyridine rings is 1. The van der Waals surface area contributed by atoms with Crippen LogP contribution in [-0.2, 0) is 11.3 Å². The molecule has 0 bridgehead atoms. The van der Waals surface area contributed by atoms with Crippen LogP contribution < -0.4 is 5.32 Å². The highest BCUT2D eigenvalue weighted by molar-refractivity contribution is 5.43. The van der Waals surface area contributed by atoms with Gasteiger partial charge in [-0.05, 0) is 25.8 Å². The summed E-state index contributed by atoms with van der Waals surface area (Å²) in [5, 5.41) is 3.36. The molecule has 114 valence electrons. The molecule has 0 aliphatic rings. The molecular formula is C17H30N2O. The molecule has 1 aromatic heterocycles. The van der Waals surface area contributed by atoms with Gasteiger partial charge in [0, 0.05) is 18.3 Å². The van der Waals surface area contributed by atoms with E-state index in [1.165, 1.54) is 25.7 Å². The van der Waals surface area contributed by atoms with E-state index < -0.39 is 0 Å². The zero-order valence-corrected chi connectivity index (χ0v) is 13.3. The van der Waals surface area contributed by atoms with Gasteiger partial charge in [-0.25, -0.2) is 4.98 Å². The summed E-state index contributed by atoms with van der Waals surface area (Å²) in [5.41, 5.74) is 1.15. The standard InChI is InChI=1S/C17H30N2O/c1-4-6-7-8-10-15(3)20-14-16-11-9-13-19-17(16)18-12-5-2/h9,11,13,15H,4-8,10,12,14H2,1-3H3,(H,18,19). The van der Waals surface area contributed by atoms with E-state index in [9.17, 15) is 0 Å². The molecule has 0 radical (unpaired) electrons. The number of nitrogens with zero attached hydrogens (tertiary/aromatic N) is 1. The number of unbranched alkanes of at least 4 members (excludes halogenated alkanes) is 3. The molecule has 0 spiro atoms. The number of nitrogens with one attached hydrogen (secondary N) is 1. The Balaban J connectivity index is 2.32. The first-order chi connectivity index (χ1) is 9.77. The minimum absolute atomic E-state index is 0.325. The average Bonchev–Trinajstić information content (AvgIpc) is 2.48. The lowest BCUT2D eigenvalue weighted by molar-refractivity contribution is 0.0461. The van der Waals surface area contributed by atoms with Gasteiger partial charge in [-0.3, -0.25) is 0 Å². The normalized spacial score (nSPS) is 12.3. The summed E-state index contributed by atoms with van der Waals surface area (Å²) in [6.07, 6.45) is 9.62. The Hall–Kier alpha value is -1.09. The van der Waals surface area contributed by atoms with Crippen LogP contribution in [0.25, 0.3) is 0 Å². The molecule has 20 heavy (non-hydrogen) atoms. The summed E-state index contributed by atoms with van der Waals surface area (Å²) in [6.45, 7) is 8.17. The van der Waals surface area contributed by atoms with Gasteiger partial charge in [-0.1, -0.05) is 45.6 Å². The van der Waals surface area contributed by atoms with Crippen LogP contribution in [-0.4, -0.2) is 17.6 Å². The van der Waals surface area contributed by atoms with E-state index in [0.717, 1.165) is 30.8 Å². The summed E-state index contributed by atoms with van der Waals surface area (Å²) >= 11 is 0. The molecule has 0 aromatic carbocycles. The van der Waals surface area contributed by atoms with E-state index in [4.69, 9.17) is 4.74 Å². The van der Waals surface area contributed by atoms with Gasteiger partial charge in [0.05, 0.1) is 12.7 Å². The maximum Gasteiger partial charge on any atom is 0.131 e. The molecule has 1 N–H and O–H groups in total. The minimum atomic E-state index is 0.325. The van der Waals surface area contributed by atoms with Gasteiger partial charge in [0.1, 0.15) is 5.82 Å². The SMILES string of the molecule is CCCCCCC(C)OCc1cccnc1NCCC. The van der Waals surface area contributed by atoms with Crippen LogP contribution in [0.15, 0.2) is 18.3 Å². The molecule has 0 saturated carbocycles. The molecular weight excluding hydrogens is 248 g/mol. The van der Waals surface area contributed by atoms with Gasteiger partial charge in [0.2, 0.25) is 0 Å². The zero-order chi connectivity index (χ0) is 14.6. The molecule has 1 atom stereocenters. The lowest BCUT2D eigenvalue weighted by Gasteiger charge is -2.15. The molecule has 1 aromatic rings. The molecule has 0 aliphatic carbocycles. The van der Waals surface area contributed by atoms with Crippen LogP contribution >= 0.6 is 0 Å². The lowest BCUT2D eigenvalue weighted by Crippen LogP contribution is -2.11. The Morgan fingerprint density at radius 1 is 1.20 bits per heavy atom. The van der Waals surface area contributed by atoms with Crippen molar-refractivity contribution in [2.24, 2.45) is 0 Å². The first kappa shape index (κ1) is 17.0. The Bertz CT molecular complexity index is 355. The number of ether oxygens (including phenoxy) is 1. The second-order valence-corrected chi connectivity index (χ2v) is 5.41. The van der Waals surface area contributed by atoms with Crippen LogP contribution in [0.2, 0.25) is 0 Å². The van der Waals surface area contributed by atoms with Crippen molar-refractivity contribution in [1.82, 2.24) is 4.98 Å². The molecule has 0 fully saturated rings. The van der Waals surface area contributed by atoms with Crippen LogP contribution in [0.5, 0.6) is 0 Å². The monoisotopic (exact) mass is 278 g/mol. The van der Waals surface area contributed by atoms with Crippen LogP contribution in [0, 0.1) is 0 Å². The second-order valence-electron chi connectivity index (χ2n) is 5.41. The van der Waals surface area contributed by atoms with Crippen molar-refractivity contribution in [3.8, 4) is 0 Å². The molecule has 3 heteroatoms. The van der Waals surface area contributed by atoms with Gasteiger partial charge in [-0.2, -0.15) is 0 Å². The minimum Gasteiger partial charge on any atom is -0.374 e. The fourth-order valence-electron chi connectivity index (χ4n) is 2.13. The van der Waals surface area contributed by atoms with Crippen molar-refractivity contribution in [1.29, 1.82) is 0 Å². The predicted molar refractivity (Wildman–Crippen MR) is 86.0 cm³/mol. The fraction of sp³-hybridized carbons (Fsp3) is 0.706. The van der Waals surface area contributed by atoms with Crippen molar-refractivity contribution in [3.05, 3.63) is 23.9 Å². The van der Waals surface area contributed by atoms with E-state index in [0.29, 0.717) is 12.7 Å². The van der Waals surface area contributed by atoms with Gasteiger partial charge in [0.25, 0.3) is 0 Å².